The highest BCUT2D eigenvalue weighted by atomic mass is 14.8. The van der Waals surface area contributed by atoms with Crippen LogP contribution in [0, 0.1) is 23.2 Å². The summed E-state index contributed by atoms with van der Waals surface area (Å²) in [5, 5.41) is 3.32. The SMILES string of the molecule is CNCCC(C)(C)C1CCC2CCCC2CC1. The van der Waals surface area contributed by atoms with Crippen molar-refractivity contribution in [1.82, 2.24) is 5.32 Å². The van der Waals surface area contributed by atoms with Gasteiger partial charge in [-0.05, 0) is 68.9 Å². The van der Waals surface area contributed by atoms with Gasteiger partial charge in [0.15, 0.2) is 0 Å². The van der Waals surface area contributed by atoms with E-state index in [4.69, 9.17) is 0 Å². The van der Waals surface area contributed by atoms with Crippen LogP contribution in [0.25, 0.3) is 0 Å². The lowest BCUT2D eigenvalue weighted by atomic mass is 9.72. The van der Waals surface area contributed by atoms with E-state index in [0.717, 1.165) is 17.8 Å². The number of rotatable bonds is 4. The first kappa shape index (κ1) is 13.4. The van der Waals surface area contributed by atoms with E-state index in [1.807, 2.05) is 0 Å². The van der Waals surface area contributed by atoms with Gasteiger partial charge in [-0.3, -0.25) is 0 Å². The van der Waals surface area contributed by atoms with Crippen molar-refractivity contribution >= 4 is 0 Å². The Bertz CT molecular complexity index is 220. The Labute approximate surface area is 108 Å². The molecule has 2 fully saturated rings. The molecule has 1 heteroatoms. The number of fused-ring (bicyclic) bond motifs is 1. The molecule has 2 saturated carbocycles. The van der Waals surface area contributed by atoms with E-state index in [9.17, 15) is 0 Å². The minimum Gasteiger partial charge on any atom is -0.320 e. The van der Waals surface area contributed by atoms with Crippen molar-refractivity contribution in [3.05, 3.63) is 0 Å². The van der Waals surface area contributed by atoms with Gasteiger partial charge in [0, 0.05) is 0 Å². The molecule has 2 unspecified atom stereocenters. The normalized spacial score (nSPS) is 34.4. The molecule has 0 aromatic carbocycles. The third kappa shape index (κ3) is 3.24. The molecule has 2 atom stereocenters. The lowest BCUT2D eigenvalue weighted by Crippen LogP contribution is -2.28. The first-order valence-corrected chi connectivity index (χ1v) is 7.78. The fraction of sp³-hybridized carbons (Fsp3) is 1.00. The maximum atomic E-state index is 3.32. The van der Waals surface area contributed by atoms with Crippen LogP contribution in [0.5, 0.6) is 0 Å². The van der Waals surface area contributed by atoms with Gasteiger partial charge in [0.05, 0.1) is 0 Å². The van der Waals surface area contributed by atoms with E-state index in [0.29, 0.717) is 5.41 Å². The molecule has 2 rings (SSSR count). The molecule has 17 heavy (non-hydrogen) atoms. The van der Waals surface area contributed by atoms with Crippen LogP contribution in [0.15, 0.2) is 0 Å². The van der Waals surface area contributed by atoms with E-state index in [-0.39, 0.29) is 0 Å². The summed E-state index contributed by atoms with van der Waals surface area (Å²) in [7, 11) is 2.08. The predicted octanol–water partition coefficient (Wildman–Crippen LogP) is 4.23. The number of hydrogen-bond donors (Lipinski definition) is 1. The van der Waals surface area contributed by atoms with E-state index < -0.39 is 0 Å². The van der Waals surface area contributed by atoms with Crippen LogP contribution < -0.4 is 5.32 Å². The Morgan fingerprint density at radius 2 is 1.53 bits per heavy atom. The van der Waals surface area contributed by atoms with Gasteiger partial charge in [-0.25, -0.2) is 0 Å². The highest BCUT2D eigenvalue weighted by Gasteiger charge is 2.36. The van der Waals surface area contributed by atoms with Crippen molar-refractivity contribution in [2.75, 3.05) is 13.6 Å². The van der Waals surface area contributed by atoms with Gasteiger partial charge in [-0.15, -0.1) is 0 Å². The van der Waals surface area contributed by atoms with Gasteiger partial charge in [-0.2, -0.15) is 0 Å². The van der Waals surface area contributed by atoms with Gasteiger partial charge < -0.3 is 5.32 Å². The second kappa shape index (κ2) is 5.73. The molecular weight excluding hydrogens is 206 g/mol. The maximum Gasteiger partial charge on any atom is -0.00467 e. The molecule has 0 aromatic heterocycles. The van der Waals surface area contributed by atoms with Crippen molar-refractivity contribution in [3.63, 3.8) is 0 Å². The van der Waals surface area contributed by atoms with Crippen LogP contribution in [0.2, 0.25) is 0 Å². The molecule has 0 spiro atoms. The maximum absolute atomic E-state index is 3.32. The third-order valence-electron chi connectivity index (χ3n) is 5.71. The quantitative estimate of drug-likeness (QED) is 0.771. The van der Waals surface area contributed by atoms with Gasteiger partial charge >= 0.3 is 0 Å². The minimum absolute atomic E-state index is 0.543. The molecule has 0 saturated heterocycles. The molecular formula is C16H31N. The van der Waals surface area contributed by atoms with E-state index in [1.165, 1.54) is 57.9 Å². The zero-order chi connectivity index (χ0) is 12.3. The van der Waals surface area contributed by atoms with Crippen LogP contribution in [-0.2, 0) is 0 Å². The average Bonchev–Trinajstić information content (AvgIpc) is 2.65. The molecule has 0 radical (unpaired) electrons. The van der Waals surface area contributed by atoms with Gasteiger partial charge in [0.25, 0.3) is 0 Å². The average molecular weight is 237 g/mol. The molecule has 1 N–H and O–H groups in total. The zero-order valence-corrected chi connectivity index (χ0v) is 12.1. The summed E-state index contributed by atoms with van der Waals surface area (Å²) in [5.74, 6) is 3.17. The minimum atomic E-state index is 0.543. The van der Waals surface area contributed by atoms with Crippen molar-refractivity contribution in [2.45, 2.75) is 65.2 Å². The lowest BCUT2D eigenvalue weighted by Gasteiger charge is -2.34. The molecule has 0 aliphatic heterocycles. The van der Waals surface area contributed by atoms with E-state index in [1.54, 1.807) is 0 Å². The summed E-state index contributed by atoms with van der Waals surface area (Å²) in [6, 6.07) is 0. The van der Waals surface area contributed by atoms with E-state index >= 15 is 0 Å². The second-order valence-corrected chi connectivity index (χ2v) is 7.14. The van der Waals surface area contributed by atoms with Crippen molar-refractivity contribution < 1.29 is 0 Å². The second-order valence-electron chi connectivity index (χ2n) is 7.14. The van der Waals surface area contributed by atoms with Crippen LogP contribution in [0.3, 0.4) is 0 Å². The summed E-state index contributed by atoms with van der Waals surface area (Å²) in [6.45, 7) is 6.17. The Morgan fingerprint density at radius 1 is 0.941 bits per heavy atom. The number of nitrogens with one attached hydrogen (secondary N) is 1. The first-order valence-electron chi connectivity index (χ1n) is 7.78. The predicted molar refractivity (Wildman–Crippen MR) is 75.1 cm³/mol. The topological polar surface area (TPSA) is 12.0 Å². The van der Waals surface area contributed by atoms with Gasteiger partial charge in [0.1, 0.15) is 0 Å². The van der Waals surface area contributed by atoms with Crippen LogP contribution >= 0.6 is 0 Å². The summed E-state index contributed by atoms with van der Waals surface area (Å²) >= 11 is 0. The lowest BCUT2D eigenvalue weighted by molar-refractivity contribution is 0.171. The molecule has 100 valence electrons. The standard InChI is InChI=1S/C16H31N/c1-16(2,11-12-17-3)15-9-7-13-5-4-6-14(13)8-10-15/h13-15,17H,4-12H2,1-3H3. The molecule has 2 aliphatic rings. The van der Waals surface area contributed by atoms with Crippen molar-refractivity contribution in [1.29, 1.82) is 0 Å². The molecule has 0 bridgehead atoms. The molecule has 0 amide bonds. The zero-order valence-electron chi connectivity index (χ0n) is 12.1. The summed E-state index contributed by atoms with van der Waals surface area (Å²) in [6.07, 6.45) is 12.0. The van der Waals surface area contributed by atoms with Crippen LogP contribution in [0.1, 0.15) is 65.2 Å². The molecule has 2 aliphatic carbocycles. The summed E-state index contributed by atoms with van der Waals surface area (Å²) in [5.41, 5.74) is 0.543. The number of hydrogen-bond acceptors (Lipinski definition) is 1. The largest absolute Gasteiger partial charge is 0.320 e. The monoisotopic (exact) mass is 237 g/mol. The fourth-order valence-corrected chi connectivity index (χ4v) is 4.28. The Hall–Kier alpha value is -0.0400. The molecule has 0 aromatic rings. The van der Waals surface area contributed by atoms with Crippen molar-refractivity contribution in [2.24, 2.45) is 23.2 Å². The van der Waals surface area contributed by atoms with Crippen LogP contribution in [-0.4, -0.2) is 13.6 Å². The summed E-state index contributed by atoms with van der Waals surface area (Å²) in [4.78, 5) is 0. The Balaban J connectivity index is 1.89. The van der Waals surface area contributed by atoms with Crippen molar-refractivity contribution in [3.8, 4) is 0 Å². The highest BCUT2D eigenvalue weighted by Crippen LogP contribution is 2.47. The molecule has 1 nitrogen and oxygen atoms in total. The first-order chi connectivity index (χ1) is 8.13. The fourth-order valence-electron chi connectivity index (χ4n) is 4.28. The van der Waals surface area contributed by atoms with Crippen LogP contribution in [0.4, 0.5) is 0 Å². The highest BCUT2D eigenvalue weighted by molar-refractivity contribution is 4.87. The van der Waals surface area contributed by atoms with E-state index in [2.05, 4.69) is 26.2 Å². The van der Waals surface area contributed by atoms with Gasteiger partial charge in [0.2, 0.25) is 0 Å². The van der Waals surface area contributed by atoms with Gasteiger partial charge in [-0.1, -0.05) is 33.1 Å². The Kier molecular flexibility index (Phi) is 4.52. The summed E-state index contributed by atoms with van der Waals surface area (Å²) < 4.78 is 0. The third-order valence-corrected chi connectivity index (χ3v) is 5.71. The molecule has 0 heterocycles. The Morgan fingerprint density at radius 3 is 2.06 bits per heavy atom. The smallest absolute Gasteiger partial charge is 0.00467 e.